The maximum absolute atomic E-state index is 13.2. The summed E-state index contributed by atoms with van der Waals surface area (Å²) in [6.07, 6.45) is 1.80. The molecule has 0 spiro atoms. The number of aryl methyl sites for hydroxylation is 2. The fourth-order valence-corrected chi connectivity index (χ4v) is 4.36. The van der Waals surface area contributed by atoms with Crippen LogP contribution < -0.4 is 21.9 Å². The van der Waals surface area contributed by atoms with Crippen LogP contribution in [0.1, 0.15) is 42.6 Å². The summed E-state index contributed by atoms with van der Waals surface area (Å²) in [6.45, 7) is 1.62. The second kappa shape index (κ2) is 8.83. The summed E-state index contributed by atoms with van der Waals surface area (Å²) >= 11 is 1.29. The van der Waals surface area contributed by atoms with Gasteiger partial charge in [0.2, 0.25) is 22.9 Å². The minimum Gasteiger partial charge on any atom is -0.374 e. The van der Waals surface area contributed by atoms with E-state index in [0.717, 1.165) is 5.01 Å². The van der Waals surface area contributed by atoms with Crippen molar-refractivity contribution in [2.75, 3.05) is 11.1 Å². The van der Waals surface area contributed by atoms with Crippen molar-refractivity contribution < 1.29 is 14.4 Å². The number of nitrogens with zero attached hydrogens (tertiary/aromatic N) is 4. The number of nitrogen functional groups attached to an aromatic ring is 1. The molecule has 32 heavy (non-hydrogen) atoms. The van der Waals surface area contributed by atoms with Gasteiger partial charge in [0.25, 0.3) is 5.56 Å². The third-order valence-electron chi connectivity index (χ3n) is 5.18. The van der Waals surface area contributed by atoms with Gasteiger partial charge in [0.15, 0.2) is 0 Å². The minimum atomic E-state index is -0.801. The molecule has 3 amide bonds. The highest BCUT2D eigenvalue weighted by Crippen LogP contribution is 2.23. The smallest absolute Gasteiger partial charge is 0.262 e. The molecule has 4 rings (SSSR count). The molecule has 1 aromatic carbocycles. The normalized spacial score (nSPS) is 16.2. The molecular formula is C20H21N7O4S. The Labute approximate surface area is 186 Å². The van der Waals surface area contributed by atoms with Crippen molar-refractivity contribution in [2.24, 2.45) is 0 Å². The number of piperidine rings is 1. The molecule has 4 N–H and O–H groups in total. The molecule has 1 atom stereocenters. The SMILES string of the molecule is Cc1nc2c(NC(=O)CCCc3nnc(N)s3)cccc2c(=O)n1C1CCC(=O)NC1=O. The molecule has 0 bridgehead atoms. The number of hydrogen-bond acceptors (Lipinski definition) is 9. The Bertz CT molecular complexity index is 1280. The second-order valence-electron chi connectivity index (χ2n) is 7.44. The number of hydrogen-bond donors (Lipinski definition) is 3. The van der Waals surface area contributed by atoms with E-state index < -0.39 is 17.5 Å². The van der Waals surface area contributed by atoms with Gasteiger partial charge in [-0.05, 0) is 31.9 Å². The fourth-order valence-electron chi connectivity index (χ4n) is 3.71. The van der Waals surface area contributed by atoms with E-state index in [1.54, 1.807) is 25.1 Å². The van der Waals surface area contributed by atoms with Crippen LogP contribution in [0.5, 0.6) is 0 Å². The third-order valence-corrected chi connectivity index (χ3v) is 5.99. The Hall–Kier alpha value is -3.67. The number of anilines is 2. The van der Waals surface area contributed by atoms with Crippen LogP contribution >= 0.6 is 11.3 Å². The van der Waals surface area contributed by atoms with Crippen molar-refractivity contribution in [3.05, 3.63) is 39.4 Å². The highest BCUT2D eigenvalue weighted by molar-refractivity contribution is 7.15. The van der Waals surface area contributed by atoms with Gasteiger partial charge in [0, 0.05) is 19.3 Å². The lowest BCUT2D eigenvalue weighted by Gasteiger charge is -2.24. The van der Waals surface area contributed by atoms with Crippen LogP contribution in [0.3, 0.4) is 0 Å². The maximum atomic E-state index is 13.2. The van der Waals surface area contributed by atoms with E-state index in [1.807, 2.05) is 0 Å². The van der Waals surface area contributed by atoms with E-state index in [1.165, 1.54) is 15.9 Å². The first-order chi connectivity index (χ1) is 15.3. The van der Waals surface area contributed by atoms with Crippen LogP contribution in [0.25, 0.3) is 10.9 Å². The van der Waals surface area contributed by atoms with Crippen molar-refractivity contribution in [1.82, 2.24) is 25.1 Å². The average Bonchev–Trinajstić information content (AvgIpc) is 3.15. The summed E-state index contributed by atoms with van der Waals surface area (Å²) in [4.78, 5) is 53.8. The number of imide groups is 1. The number of rotatable bonds is 6. The summed E-state index contributed by atoms with van der Waals surface area (Å²) in [6, 6.07) is 4.12. The van der Waals surface area contributed by atoms with Crippen LogP contribution in [0, 0.1) is 6.92 Å². The molecule has 0 saturated carbocycles. The molecule has 1 saturated heterocycles. The summed E-state index contributed by atoms with van der Waals surface area (Å²) in [5.41, 5.74) is 5.93. The molecule has 1 fully saturated rings. The molecule has 2 aromatic heterocycles. The highest BCUT2D eigenvalue weighted by Gasteiger charge is 2.30. The number of nitrogens with two attached hydrogens (primary N) is 1. The maximum Gasteiger partial charge on any atom is 0.262 e. The lowest BCUT2D eigenvalue weighted by atomic mass is 10.1. The number of carbonyl (C=O) groups is 3. The van der Waals surface area contributed by atoms with E-state index in [9.17, 15) is 19.2 Å². The van der Waals surface area contributed by atoms with Crippen LogP contribution in [0.2, 0.25) is 0 Å². The zero-order valence-corrected chi connectivity index (χ0v) is 18.1. The van der Waals surface area contributed by atoms with Gasteiger partial charge in [-0.3, -0.25) is 29.1 Å². The lowest BCUT2D eigenvalue weighted by molar-refractivity contribution is -0.135. The van der Waals surface area contributed by atoms with Gasteiger partial charge in [-0.1, -0.05) is 17.4 Å². The van der Waals surface area contributed by atoms with Crippen molar-refractivity contribution in [3.8, 4) is 0 Å². The fraction of sp³-hybridized carbons (Fsp3) is 0.350. The van der Waals surface area contributed by atoms with Gasteiger partial charge < -0.3 is 11.1 Å². The lowest BCUT2D eigenvalue weighted by Crippen LogP contribution is -2.45. The first kappa shape index (κ1) is 21.6. The van der Waals surface area contributed by atoms with Crippen molar-refractivity contribution >= 4 is 50.8 Å². The Kier molecular flexibility index (Phi) is 5.95. The Morgan fingerprint density at radius 1 is 1.31 bits per heavy atom. The van der Waals surface area contributed by atoms with Crippen LogP contribution in [0.15, 0.2) is 23.0 Å². The predicted octanol–water partition coefficient (Wildman–Crippen LogP) is 1.08. The zero-order chi connectivity index (χ0) is 22.8. The van der Waals surface area contributed by atoms with Crippen molar-refractivity contribution in [1.29, 1.82) is 0 Å². The molecule has 0 aliphatic carbocycles. The van der Waals surface area contributed by atoms with Crippen LogP contribution in [-0.4, -0.2) is 37.5 Å². The Balaban J connectivity index is 1.54. The Morgan fingerprint density at radius 3 is 2.84 bits per heavy atom. The molecule has 166 valence electrons. The van der Waals surface area contributed by atoms with Gasteiger partial charge in [0.05, 0.1) is 11.1 Å². The predicted molar refractivity (Wildman–Crippen MR) is 118 cm³/mol. The first-order valence-electron chi connectivity index (χ1n) is 10.1. The molecule has 11 nitrogen and oxygen atoms in total. The van der Waals surface area contributed by atoms with Crippen LogP contribution in [0.4, 0.5) is 10.8 Å². The zero-order valence-electron chi connectivity index (χ0n) is 17.3. The average molecular weight is 456 g/mol. The van der Waals surface area contributed by atoms with Gasteiger partial charge in [-0.15, -0.1) is 10.2 Å². The molecular weight excluding hydrogens is 434 g/mol. The van der Waals surface area contributed by atoms with E-state index in [-0.39, 0.29) is 36.5 Å². The summed E-state index contributed by atoms with van der Waals surface area (Å²) in [7, 11) is 0. The standard InChI is InChI=1S/C20H21N7O4S/c1-10-22-17-11(19(31)27(10)13-8-9-15(29)24-18(13)30)4-2-5-12(17)23-14(28)6-3-7-16-25-26-20(21)32-16/h2,4-5,13H,3,6-9H2,1H3,(H2,21,26)(H,23,28)(H,24,29,30). The molecule has 0 radical (unpaired) electrons. The van der Waals surface area contributed by atoms with Gasteiger partial charge in [0.1, 0.15) is 22.4 Å². The molecule has 1 aliphatic rings. The molecule has 1 unspecified atom stereocenters. The number of nitrogens with one attached hydrogen (secondary N) is 2. The van der Waals surface area contributed by atoms with E-state index in [2.05, 4.69) is 25.8 Å². The van der Waals surface area contributed by atoms with E-state index in [0.29, 0.717) is 35.0 Å². The minimum absolute atomic E-state index is 0.153. The number of amides is 3. The highest BCUT2D eigenvalue weighted by atomic mass is 32.1. The number of fused-ring (bicyclic) bond motifs is 1. The topological polar surface area (TPSA) is 162 Å². The van der Waals surface area contributed by atoms with E-state index in [4.69, 9.17) is 5.73 Å². The number of para-hydroxylation sites is 1. The first-order valence-corrected chi connectivity index (χ1v) is 10.9. The monoisotopic (exact) mass is 455 g/mol. The molecule has 3 aromatic rings. The molecule has 1 aliphatic heterocycles. The number of carbonyl (C=O) groups excluding carboxylic acids is 3. The number of aromatic nitrogens is 4. The second-order valence-corrected chi connectivity index (χ2v) is 8.53. The van der Waals surface area contributed by atoms with Crippen LogP contribution in [-0.2, 0) is 20.8 Å². The van der Waals surface area contributed by atoms with Gasteiger partial charge >= 0.3 is 0 Å². The summed E-state index contributed by atoms with van der Waals surface area (Å²) in [5, 5.41) is 14.2. The number of benzene rings is 1. The van der Waals surface area contributed by atoms with Crippen molar-refractivity contribution in [3.63, 3.8) is 0 Å². The van der Waals surface area contributed by atoms with Crippen molar-refractivity contribution in [2.45, 2.75) is 45.1 Å². The Morgan fingerprint density at radius 2 is 2.12 bits per heavy atom. The molecule has 12 heteroatoms. The summed E-state index contributed by atoms with van der Waals surface area (Å²) < 4.78 is 1.31. The summed E-state index contributed by atoms with van der Waals surface area (Å²) in [5.74, 6) is -0.768. The van der Waals surface area contributed by atoms with E-state index >= 15 is 0 Å². The quantitative estimate of drug-likeness (QED) is 0.465. The molecule has 3 heterocycles. The largest absolute Gasteiger partial charge is 0.374 e. The third kappa shape index (κ3) is 4.35. The van der Waals surface area contributed by atoms with Gasteiger partial charge in [-0.25, -0.2) is 4.98 Å². The van der Waals surface area contributed by atoms with Gasteiger partial charge in [-0.2, -0.15) is 0 Å².